The Bertz CT molecular complexity index is 3770. The molecule has 10 aromatic carbocycles. The van der Waals surface area contributed by atoms with E-state index in [0.717, 1.165) is 50.1 Å². The molecule has 0 radical (unpaired) electrons. The largest absolute Gasteiger partial charge is 0.309 e. The third kappa shape index (κ3) is 6.02. The summed E-state index contributed by atoms with van der Waals surface area (Å²) < 4.78 is 2.52. The molecule has 0 amide bonds. The first-order chi connectivity index (χ1) is 33.3. The second-order valence-corrected chi connectivity index (χ2v) is 17.5. The number of para-hydroxylation sites is 3. The van der Waals surface area contributed by atoms with Crippen LogP contribution in [-0.4, -0.2) is 9.55 Å². The van der Waals surface area contributed by atoms with Gasteiger partial charge in [-0.3, -0.25) is 4.98 Å². The molecule has 314 valence electrons. The van der Waals surface area contributed by atoms with E-state index >= 15 is 0 Å². The van der Waals surface area contributed by atoms with Crippen molar-refractivity contribution in [2.75, 3.05) is 4.90 Å². The van der Waals surface area contributed by atoms with Crippen molar-refractivity contribution in [1.82, 2.24) is 9.55 Å². The molecule has 0 bridgehead atoms. The Balaban J connectivity index is 1.00. The summed E-state index contributed by atoms with van der Waals surface area (Å²) in [5, 5.41) is 4.71. The van der Waals surface area contributed by atoms with Gasteiger partial charge in [0.2, 0.25) is 0 Å². The minimum absolute atomic E-state index is 0.495. The van der Waals surface area contributed by atoms with Crippen LogP contribution in [0.25, 0.3) is 71.6 Å². The van der Waals surface area contributed by atoms with E-state index in [1.54, 1.807) is 0 Å². The van der Waals surface area contributed by atoms with Gasteiger partial charge in [-0.15, -0.1) is 0 Å². The summed E-state index contributed by atoms with van der Waals surface area (Å²) in [6.45, 7) is 0. The second kappa shape index (κ2) is 15.7. The first-order valence-corrected chi connectivity index (χ1v) is 23.0. The molecule has 0 saturated carbocycles. The Hall–Kier alpha value is -8.79. The van der Waals surface area contributed by atoms with E-state index in [4.69, 9.17) is 4.98 Å². The Kier molecular flexibility index (Phi) is 9.07. The molecule has 1 aliphatic rings. The van der Waals surface area contributed by atoms with E-state index in [2.05, 4.69) is 258 Å². The van der Waals surface area contributed by atoms with Gasteiger partial charge in [-0.25, -0.2) is 0 Å². The molecule has 0 aliphatic heterocycles. The molecule has 0 spiro atoms. The van der Waals surface area contributed by atoms with Crippen molar-refractivity contribution >= 4 is 49.6 Å². The van der Waals surface area contributed by atoms with E-state index < -0.39 is 5.41 Å². The predicted octanol–water partition coefficient (Wildman–Crippen LogP) is 16.5. The fraction of sp³-hybridized carbons (Fsp3) is 0.0156. The Morgan fingerprint density at radius 2 is 0.970 bits per heavy atom. The average Bonchev–Trinajstić information content (AvgIpc) is 3.90. The standard InChI is InChI=1S/C64H43N3/c1-4-23-48(24-5-1)64(49-25-6-2-7-26-49)56-33-15-12-32-55(56)63-57(64)34-19-37-60(63)67-59-36-17-14-31-53(59)54-39-38-45(41-61(54)67)44-21-18-22-46(40-44)51-29-13-16-35-58(51)66(50-27-8-3-9-28-50)62-43-65-42-47-20-10-11-30-52(47)62/h1-43H. The first kappa shape index (κ1) is 38.6. The number of pyridine rings is 1. The van der Waals surface area contributed by atoms with Gasteiger partial charge < -0.3 is 9.47 Å². The lowest BCUT2D eigenvalue weighted by Gasteiger charge is -2.34. The van der Waals surface area contributed by atoms with Crippen LogP contribution >= 0.6 is 0 Å². The van der Waals surface area contributed by atoms with Crippen LogP contribution in [0.4, 0.5) is 17.1 Å². The van der Waals surface area contributed by atoms with Crippen LogP contribution in [0.3, 0.4) is 0 Å². The molecule has 12 aromatic rings. The van der Waals surface area contributed by atoms with Gasteiger partial charge in [-0.2, -0.15) is 0 Å². The number of benzene rings is 10. The highest BCUT2D eigenvalue weighted by atomic mass is 15.2. The molecule has 0 saturated heterocycles. The quantitative estimate of drug-likeness (QED) is 0.152. The maximum Gasteiger partial charge on any atom is 0.0723 e. The molecular formula is C64H43N3. The van der Waals surface area contributed by atoms with Gasteiger partial charge in [0.1, 0.15) is 0 Å². The number of anilines is 3. The van der Waals surface area contributed by atoms with Crippen molar-refractivity contribution in [3.8, 4) is 39.1 Å². The molecule has 3 nitrogen and oxygen atoms in total. The van der Waals surface area contributed by atoms with Crippen molar-refractivity contribution in [2.24, 2.45) is 0 Å². The van der Waals surface area contributed by atoms with Crippen molar-refractivity contribution in [1.29, 1.82) is 0 Å². The van der Waals surface area contributed by atoms with Crippen LogP contribution in [-0.2, 0) is 5.41 Å². The molecule has 0 unspecified atom stereocenters. The Morgan fingerprint density at radius 3 is 1.78 bits per heavy atom. The summed E-state index contributed by atoms with van der Waals surface area (Å²) in [4.78, 5) is 7.08. The molecule has 0 N–H and O–H groups in total. The maximum atomic E-state index is 4.73. The normalized spacial score (nSPS) is 12.6. The van der Waals surface area contributed by atoms with Crippen molar-refractivity contribution < 1.29 is 0 Å². The molecule has 0 fully saturated rings. The average molecular weight is 854 g/mol. The number of hydrogen-bond donors (Lipinski definition) is 0. The molecule has 0 atom stereocenters. The van der Waals surface area contributed by atoms with Gasteiger partial charge in [0.05, 0.1) is 39.7 Å². The molecule has 2 aromatic heterocycles. The predicted molar refractivity (Wildman–Crippen MR) is 279 cm³/mol. The topological polar surface area (TPSA) is 21.1 Å². The minimum Gasteiger partial charge on any atom is -0.309 e. The second-order valence-electron chi connectivity index (χ2n) is 17.5. The number of fused-ring (bicyclic) bond motifs is 7. The van der Waals surface area contributed by atoms with Gasteiger partial charge in [0.25, 0.3) is 0 Å². The molecule has 1 aliphatic carbocycles. The van der Waals surface area contributed by atoms with E-state index in [0.29, 0.717) is 0 Å². The molecule has 13 rings (SSSR count). The lowest BCUT2D eigenvalue weighted by molar-refractivity contribution is 0.768. The highest BCUT2D eigenvalue weighted by Gasteiger charge is 2.47. The van der Waals surface area contributed by atoms with E-state index in [9.17, 15) is 0 Å². The van der Waals surface area contributed by atoms with Gasteiger partial charge in [-0.05, 0) is 87.0 Å². The van der Waals surface area contributed by atoms with Gasteiger partial charge in [0, 0.05) is 44.6 Å². The van der Waals surface area contributed by atoms with E-state index in [1.807, 2.05) is 12.4 Å². The fourth-order valence-electron chi connectivity index (χ4n) is 11.1. The number of nitrogens with zero attached hydrogens (tertiary/aromatic N) is 3. The van der Waals surface area contributed by atoms with Crippen molar-refractivity contribution in [2.45, 2.75) is 5.41 Å². The summed E-state index contributed by atoms with van der Waals surface area (Å²) in [5.74, 6) is 0. The number of hydrogen-bond acceptors (Lipinski definition) is 2. The Morgan fingerprint density at radius 1 is 0.373 bits per heavy atom. The summed E-state index contributed by atoms with van der Waals surface area (Å²) in [6, 6.07) is 90.9. The van der Waals surface area contributed by atoms with Crippen molar-refractivity contribution in [3.05, 3.63) is 283 Å². The highest BCUT2D eigenvalue weighted by Crippen LogP contribution is 2.58. The van der Waals surface area contributed by atoms with Gasteiger partial charge in [0.15, 0.2) is 0 Å². The maximum absolute atomic E-state index is 4.73. The van der Waals surface area contributed by atoms with E-state index in [-0.39, 0.29) is 0 Å². The third-order valence-corrected chi connectivity index (χ3v) is 13.9. The fourth-order valence-corrected chi connectivity index (χ4v) is 11.1. The van der Waals surface area contributed by atoms with Crippen LogP contribution in [0.5, 0.6) is 0 Å². The minimum atomic E-state index is -0.495. The van der Waals surface area contributed by atoms with Crippen molar-refractivity contribution in [3.63, 3.8) is 0 Å². The zero-order chi connectivity index (χ0) is 44.3. The molecule has 2 heterocycles. The van der Waals surface area contributed by atoms with Crippen LogP contribution in [0.1, 0.15) is 22.3 Å². The molecule has 67 heavy (non-hydrogen) atoms. The highest BCUT2D eigenvalue weighted by molar-refractivity contribution is 6.11. The zero-order valence-corrected chi connectivity index (χ0v) is 36.7. The van der Waals surface area contributed by atoms with Crippen LogP contribution in [0.2, 0.25) is 0 Å². The summed E-state index contributed by atoms with van der Waals surface area (Å²) in [6.07, 6.45) is 3.93. The van der Waals surface area contributed by atoms with Gasteiger partial charge in [-0.1, -0.05) is 206 Å². The van der Waals surface area contributed by atoms with Crippen LogP contribution in [0, 0.1) is 0 Å². The van der Waals surface area contributed by atoms with Crippen LogP contribution < -0.4 is 4.90 Å². The number of aromatic nitrogens is 2. The number of rotatable bonds is 8. The first-order valence-electron chi connectivity index (χ1n) is 23.0. The zero-order valence-electron chi connectivity index (χ0n) is 36.7. The van der Waals surface area contributed by atoms with Gasteiger partial charge >= 0.3 is 0 Å². The molecule has 3 heteroatoms. The monoisotopic (exact) mass is 853 g/mol. The lowest BCUT2D eigenvalue weighted by Crippen LogP contribution is -2.28. The SMILES string of the molecule is c1ccc(N(c2ccccc2-c2cccc(-c3ccc4c5ccccc5n(-c5cccc6c5-c5ccccc5C6(c5ccccc5)c5ccccc5)c4c3)c2)c2cncc3ccccc23)cc1. The van der Waals surface area contributed by atoms with Crippen LogP contribution in [0.15, 0.2) is 261 Å². The lowest BCUT2D eigenvalue weighted by atomic mass is 9.68. The third-order valence-electron chi connectivity index (χ3n) is 13.9. The summed E-state index contributed by atoms with van der Waals surface area (Å²) in [7, 11) is 0. The summed E-state index contributed by atoms with van der Waals surface area (Å²) in [5.41, 5.74) is 18.4. The van der Waals surface area contributed by atoms with E-state index in [1.165, 1.54) is 60.9 Å². The Labute approximate surface area is 390 Å². The molecular weight excluding hydrogens is 811 g/mol. The smallest absolute Gasteiger partial charge is 0.0723 e. The summed E-state index contributed by atoms with van der Waals surface area (Å²) >= 11 is 0.